The van der Waals surface area contributed by atoms with Gasteiger partial charge < -0.3 is 9.47 Å². The number of para-hydroxylation sites is 1. The van der Waals surface area contributed by atoms with Crippen molar-refractivity contribution in [2.24, 2.45) is 0 Å². The Morgan fingerprint density at radius 3 is 2.50 bits per heavy atom. The first-order chi connectivity index (χ1) is 7.74. The Labute approximate surface area is 93.5 Å². The van der Waals surface area contributed by atoms with Crippen molar-refractivity contribution in [1.82, 2.24) is 0 Å². The van der Waals surface area contributed by atoms with Gasteiger partial charge in [-0.05, 0) is 19.1 Å². The van der Waals surface area contributed by atoms with Crippen LogP contribution in [0.25, 0.3) is 0 Å². The number of esters is 2. The molecule has 4 nitrogen and oxygen atoms in total. The molecular formula is C12H12O4. The van der Waals surface area contributed by atoms with Crippen molar-refractivity contribution in [1.29, 1.82) is 0 Å². The average molecular weight is 220 g/mol. The highest BCUT2D eigenvalue weighted by Gasteiger charge is 2.17. The maximum atomic E-state index is 11.2. The number of carbonyl (C=O) groups is 2. The van der Waals surface area contributed by atoms with Gasteiger partial charge in [-0.2, -0.15) is 0 Å². The van der Waals surface area contributed by atoms with Crippen LogP contribution in [0.2, 0.25) is 0 Å². The maximum absolute atomic E-state index is 11.2. The van der Waals surface area contributed by atoms with Crippen LogP contribution in [0.3, 0.4) is 0 Å². The minimum absolute atomic E-state index is 0.0687. The van der Waals surface area contributed by atoms with Crippen molar-refractivity contribution >= 4 is 11.9 Å². The fraction of sp³-hybridized carbons (Fsp3) is 0.167. The largest absolute Gasteiger partial charge is 0.453 e. The van der Waals surface area contributed by atoms with E-state index >= 15 is 0 Å². The quantitative estimate of drug-likeness (QED) is 0.337. The molecule has 0 amide bonds. The first kappa shape index (κ1) is 12.0. The number of benzene rings is 1. The Kier molecular flexibility index (Phi) is 4.79. The van der Waals surface area contributed by atoms with E-state index in [4.69, 9.17) is 4.74 Å². The zero-order valence-electron chi connectivity index (χ0n) is 8.88. The molecule has 4 heteroatoms. The third-order valence-electron chi connectivity index (χ3n) is 1.67. The Hall–Kier alpha value is -2.10. The van der Waals surface area contributed by atoms with Gasteiger partial charge in [0, 0.05) is 0 Å². The number of hydrogen-bond donors (Lipinski definition) is 0. The summed E-state index contributed by atoms with van der Waals surface area (Å²) in [7, 11) is 0. The van der Waals surface area contributed by atoms with Crippen molar-refractivity contribution in [3.63, 3.8) is 0 Å². The fourth-order valence-corrected chi connectivity index (χ4v) is 0.916. The van der Waals surface area contributed by atoms with E-state index in [0.29, 0.717) is 5.75 Å². The van der Waals surface area contributed by atoms with Gasteiger partial charge >= 0.3 is 11.9 Å². The van der Waals surface area contributed by atoms with E-state index in [1.54, 1.807) is 49.4 Å². The number of allylic oxidation sites excluding steroid dienone is 1. The van der Waals surface area contributed by atoms with E-state index in [2.05, 4.69) is 4.74 Å². The van der Waals surface area contributed by atoms with E-state index in [0.717, 1.165) is 0 Å². The van der Waals surface area contributed by atoms with Gasteiger partial charge in [-0.25, -0.2) is 9.59 Å². The smallest absolute Gasteiger partial charge is 0.422 e. The lowest BCUT2D eigenvalue weighted by Gasteiger charge is -2.02. The molecule has 0 spiro atoms. The Morgan fingerprint density at radius 1 is 1.19 bits per heavy atom. The van der Waals surface area contributed by atoms with Crippen LogP contribution in [-0.2, 0) is 14.3 Å². The van der Waals surface area contributed by atoms with Gasteiger partial charge in [-0.3, -0.25) is 0 Å². The molecule has 16 heavy (non-hydrogen) atoms. The first-order valence-electron chi connectivity index (χ1n) is 4.79. The Morgan fingerprint density at radius 2 is 1.88 bits per heavy atom. The zero-order valence-corrected chi connectivity index (χ0v) is 8.88. The molecule has 0 aromatic heterocycles. The first-order valence-corrected chi connectivity index (χ1v) is 4.79. The summed E-state index contributed by atoms with van der Waals surface area (Å²) in [6, 6.07) is 8.34. The highest BCUT2D eigenvalue weighted by molar-refractivity contribution is 6.30. The minimum Gasteiger partial charge on any atom is -0.453 e. The second-order valence-electron chi connectivity index (χ2n) is 2.87. The molecule has 0 unspecified atom stereocenters. The standard InChI is InChI=1S/C12H12O4/c1-2-3-9-15-11(13)12(14)16-10-7-5-4-6-8-10/h2-8H,9H2,1H3/b3-2+. The van der Waals surface area contributed by atoms with Crippen LogP contribution in [0.4, 0.5) is 0 Å². The Bertz CT molecular complexity index is 381. The molecule has 84 valence electrons. The molecule has 0 aliphatic rings. The molecule has 0 aliphatic carbocycles. The maximum Gasteiger partial charge on any atom is 0.422 e. The molecule has 1 aromatic carbocycles. The third kappa shape index (κ3) is 3.96. The molecule has 1 rings (SSSR count). The van der Waals surface area contributed by atoms with Crippen molar-refractivity contribution in [2.45, 2.75) is 6.92 Å². The minimum atomic E-state index is -1.02. The lowest BCUT2D eigenvalue weighted by molar-refractivity contribution is -0.161. The Balaban J connectivity index is 2.43. The summed E-state index contributed by atoms with van der Waals surface area (Å²) in [5.74, 6) is -1.70. The van der Waals surface area contributed by atoms with Gasteiger partial charge in [0.2, 0.25) is 0 Å². The second-order valence-corrected chi connectivity index (χ2v) is 2.87. The van der Waals surface area contributed by atoms with Gasteiger partial charge in [-0.1, -0.05) is 30.4 Å². The summed E-state index contributed by atoms with van der Waals surface area (Å²) in [5.41, 5.74) is 0. The predicted octanol–water partition coefficient (Wildman–Crippen LogP) is 1.71. The molecule has 1 aromatic rings. The lowest BCUT2D eigenvalue weighted by Crippen LogP contribution is -2.22. The predicted molar refractivity (Wildman–Crippen MR) is 57.9 cm³/mol. The van der Waals surface area contributed by atoms with Crippen LogP contribution in [-0.4, -0.2) is 18.5 Å². The van der Waals surface area contributed by atoms with Crippen molar-refractivity contribution in [3.8, 4) is 5.75 Å². The molecule has 0 fully saturated rings. The molecule has 0 saturated carbocycles. The molecule has 0 bridgehead atoms. The van der Waals surface area contributed by atoms with Crippen LogP contribution in [0, 0.1) is 0 Å². The highest BCUT2D eigenvalue weighted by atomic mass is 16.6. The molecule has 0 heterocycles. The molecule has 0 atom stereocenters. The highest BCUT2D eigenvalue weighted by Crippen LogP contribution is 2.08. The number of ether oxygens (including phenoxy) is 2. The van der Waals surface area contributed by atoms with Gasteiger partial charge in [-0.15, -0.1) is 0 Å². The van der Waals surface area contributed by atoms with Crippen molar-refractivity contribution < 1.29 is 19.1 Å². The number of carbonyl (C=O) groups excluding carboxylic acids is 2. The van der Waals surface area contributed by atoms with E-state index in [9.17, 15) is 9.59 Å². The van der Waals surface area contributed by atoms with E-state index < -0.39 is 11.9 Å². The van der Waals surface area contributed by atoms with Gasteiger partial charge in [0.1, 0.15) is 12.4 Å². The number of hydrogen-bond acceptors (Lipinski definition) is 4. The van der Waals surface area contributed by atoms with Crippen LogP contribution in [0.15, 0.2) is 42.5 Å². The van der Waals surface area contributed by atoms with E-state index in [-0.39, 0.29) is 6.61 Å². The van der Waals surface area contributed by atoms with E-state index in [1.165, 1.54) is 0 Å². The normalized spacial score (nSPS) is 10.1. The zero-order chi connectivity index (χ0) is 11.8. The summed E-state index contributed by atoms with van der Waals surface area (Å²) in [5, 5.41) is 0. The molecule has 0 saturated heterocycles. The molecule has 0 N–H and O–H groups in total. The van der Waals surface area contributed by atoms with Crippen LogP contribution in [0.5, 0.6) is 5.75 Å². The average Bonchev–Trinajstić information content (AvgIpc) is 2.30. The summed E-state index contributed by atoms with van der Waals surface area (Å²) in [6.45, 7) is 1.86. The summed E-state index contributed by atoms with van der Waals surface area (Å²) in [4.78, 5) is 22.3. The summed E-state index contributed by atoms with van der Waals surface area (Å²) in [6.07, 6.45) is 3.34. The second kappa shape index (κ2) is 6.40. The van der Waals surface area contributed by atoms with Crippen LogP contribution >= 0.6 is 0 Å². The van der Waals surface area contributed by atoms with E-state index in [1.807, 2.05) is 0 Å². The summed E-state index contributed by atoms with van der Waals surface area (Å²) >= 11 is 0. The van der Waals surface area contributed by atoms with Crippen LogP contribution in [0.1, 0.15) is 6.92 Å². The van der Waals surface area contributed by atoms with Crippen molar-refractivity contribution in [2.75, 3.05) is 6.61 Å². The third-order valence-corrected chi connectivity index (χ3v) is 1.67. The molecular weight excluding hydrogens is 208 g/mol. The van der Waals surface area contributed by atoms with Gasteiger partial charge in [0.15, 0.2) is 0 Å². The van der Waals surface area contributed by atoms with Crippen LogP contribution < -0.4 is 4.74 Å². The molecule has 0 radical (unpaired) electrons. The number of rotatable bonds is 3. The van der Waals surface area contributed by atoms with Gasteiger partial charge in [0.25, 0.3) is 0 Å². The van der Waals surface area contributed by atoms with Gasteiger partial charge in [0.05, 0.1) is 0 Å². The summed E-state index contributed by atoms with van der Waals surface area (Å²) < 4.78 is 9.39. The monoisotopic (exact) mass is 220 g/mol. The lowest BCUT2D eigenvalue weighted by atomic mass is 10.3. The van der Waals surface area contributed by atoms with Crippen molar-refractivity contribution in [3.05, 3.63) is 42.5 Å². The topological polar surface area (TPSA) is 52.6 Å². The SMILES string of the molecule is C/C=C/COC(=O)C(=O)Oc1ccccc1. The molecule has 0 aliphatic heterocycles. The fourth-order valence-electron chi connectivity index (χ4n) is 0.916.